The molecule has 20 heavy (non-hydrogen) atoms. The second-order valence-electron chi connectivity index (χ2n) is 4.43. The lowest BCUT2D eigenvalue weighted by atomic mass is 9.96. The van der Waals surface area contributed by atoms with Gasteiger partial charge in [-0.25, -0.2) is 4.79 Å². The maximum absolute atomic E-state index is 12.2. The molecule has 0 aliphatic rings. The van der Waals surface area contributed by atoms with Crippen LogP contribution >= 0.6 is 0 Å². The summed E-state index contributed by atoms with van der Waals surface area (Å²) in [7, 11) is 0. The van der Waals surface area contributed by atoms with Crippen molar-refractivity contribution < 1.29 is 19.2 Å². The van der Waals surface area contributed by atoms with Gasteiger partial charge in [0.25, 0.3) is 5.91 Å². The van der Waals surface area contributed by atoms with Crippen LogP contribution < -0.4 is 5.32 Å². The van der Waals surface area contributed by atoms with Crippen molar-refractivity contribution in [3.63, 3.8) is 0 Å². The number of nitrogens with zero attached hydrogens (tertiary/aromatic N) is 1. The summed E-state index contributed by atoms with van der Waals surface area (Å²) >= 11 is 0. The number of aromatic nitrogens is 1. The molecule has 0 aliphatic carbocycles. The fraction of sp³-hybridized carbons (Fsp3) is 0.214. The first-order valence-electron chi connectivity index (χ1n) is 6.01. The largest absolute Gasteiger partial charge is 0.478 e. The number of aryl methyl sites for hydroxylation is 2. The minimum Gasteiger partial charge on any atom is -0.478 e. The number of benzene rings is 1. The predicted molar refractivity (Wildman–Crippen MR) is 70.5 cm³/mol. The average molecular weight is 274 g/mol. The third-order valence-corrected chi connectivity index (χ3v) is 2.98. The van der Waals surface area contributed by atoms with Gasteiger partial charge in [-0.2, -0.15) is 0 Å². The van der Waals surface area contributed by atoms with Crippen molar-refractivity contribution in [2.75, 3.05) is 0 Å². The first-order chi connectivity index (χ1) is 9.50. The van der Waals surface area contributed by atoms with Gasteiger partial charge in [-0.15, -0.1) is 0 Å². The van der Waals surface area contributed by atoms with Gasteiger partial charge in [0.2, 0.25) is 0 Å². The lowest BCUT2D eigenvalue weighted by molar-refractivity contribution is 0.0690. The Morgan fingerprint density at radius 2 is 1.85 bits per heavy atom. The topological polar surface area (TPSA) is 92.4 Å². The van der Waals surface area contributed by atoms with Crippen molar-refractivity contribution in [3.8, 4) is 0 Å². The van der Waals surface area contributed by atoms with Crippen molar-refractivity contribution in [2.45, 2.75) is 20.4 Å². The summed E-state index contributed by atoms with van der Waals surface area (Å²) in [5.41, 5.74) is 1.95. The summed E-state index contributed by atoms with van der Waals surface area (Å²) < 4.78 is 4.66. The Morgan fingerprint density at radius 1 is 1.20 bits per heavy atom. The van der Waals surface area contributed by atoms with Crippen LogP contribution in [0.4, 0.5) is 0 Å². The van der Waals surface area contributed by atoms with Crippen LogP contribution in [-0.4, -0.2) is 22.1 Å². The summed E-state index contributed by atoms with van der Waals surface area (Å²) in [6.07, 6.45) is 1.40. The molecule has 0 saturated heterocycles. The number of aromatic carboxylic acids is 1. The highest BCUT2D eigenvalue weighted by atomic mass is 16.5. The molecule has 0 spiro atoms. The second-order valence-corrected chi connectivity index (χ2v) is 4.43. The summed E-state index contributed by atoms with van der Waals surface area (Å²) in [5.74, 6) is -1.55. The van der Waals surface area contributed by atoms with E-state index >= 15 is 0 Å². The molecule has 0 aliphatic heterocycles. The van der Waals surface area contributed by atoms with Crippen LogP contribution in [0, 0.1) is 13.8 Å². The zero-order chi connectivity index (χ0) is 14.7. The maximum Gasteiger partial charge on any atom is 0.336 e. The highest BCUT2D eigenvalue weighted by Gasteiger charge is 2.21. The van der Waals surface area contributed by atoms with Gasteiger partial charge < -0.3 is 14.9 Å². The third-order valence-electron chi connectivity index (χ3n) is 2.98. The Morgan fingerprint density at radius 3 is 2.40 bits per heavy atom. The van der Waals surface area contributed by atoms with Crippen molar-refractivity contribution in [2.24, 2.45) is 0 Å². The van der Waals surface area contributed by atoms with E-state index in [1.165, 1.54) is 6.26 Å². The van der Waals surface area contributed by atoms with Gasteiger partial charge in [-0.3, -0.25) is 4.79 Å². The van der Waals surface area contributed by atoms with E-state index in [-0.39, 0.29) is 17.7 Å². The Balaban J connectivity index is 2.29. The molecule has 6 nitrogen and oxygen atoms in total. The van der Waals surface area contributed by atoms with Crippen molar-refractivity contribution >= 4 is 11.9 Å². The second kappa shape index (κ2) is 5.56. The monoisotopic (exact) mass is 274 g/mol. The molecule has 104 valence electrons. The first kappa shape index (κ1) is 13.8. The van der Waals surface area contributed by atoms with Gasteiger partial charge in [0.15, 0.2) is 0 Å². The molecule has 2 N–H and O–H groups in total. The van der Waals surface area contributed by atoms with Gasteiger partial charge in [-0.1, -0.05) is 17.3 Å². The van der Waals surface area contributed by atoms with Crippen molar-refractivity contribution in [1.29, 1.82) is 0 Å². The van der Waals surface area contributed by atoms with E-state index in [2.05, 4.69) is 15.0 Å². The summed E-state index contributed by atoms with van der Waals surface area (Å²) in [5, 5.41) is 15.6. The molecule has 6 heteroatoms. The molecular weight excluding hydrogens is 260 g/mol. The summed E-state index contributed by atoms with van der Waals surface area (Å²) in [6, 6.07) is 5.04. The number of carbonyl (C=O) groups excluding carboxylic acids is 1. The smallest absolute Gasteiger partial charge is 0.336 e. The Bertz CT molecular complexity index is 647. The van der Waals surface area contributed by atoms with Gasteiger partial charge in [0, 0.05) is 6.07 Å². The van der Waals surface area contributed by atoms with Gasteiger partial charge in [-0.05, 0) is 25.0 Å². The standard InChI is InChI=1S/C14H14N2O4/c1-8-3-4-9(2)12(14(18)19)11(8)13(17)15-7-10-5-6-20-16-10/h3-6H,7H2,1-2H3,(H,15,17)(H,18,19). The van der Waals surface area contributed by atoms with Gasteiger partial charge in [0.05, 0.1) is 17.7 Å². The number of hydrogen-bond donors (Lipinski definition) is 2. The molecule has 0 atom stereocenters. The molecule has 1 aromatic heterocycles. The summed E-state index contributed by atoms with van der Waals surface area (Å²) in [6.45, 7) is 3.55. The molecule has 1 heterocycles. The van der Waals surface area contributed by atoms with Crippen LogP contribution in [0.25, 0.3) is 0 Å². The van der Waals surface area contributed by atoms with Gasteiger partial charge >= 0.3 is 5.97 Å². The van der Waals surface area contributed by atoms with E-state index in [0.717, 1.165) is 0 Å². The zero-order valence-corrected chi connectivity index (χ0v) is 11.1. The van der Waals surface area contributed by atoms with Crippen LogP contribution in [0.1, 0.15) is 37.5 Å². The molecule has 0 radical (unpaired) electrons. The van der Waals surface area contributed by atoms with E-state index in [0.29, 0.717) is 16.8 Å². The number of amides is 1. The molecule has 0 fully saturated rings. The predicted octanol–water partition coefficient (Wildman–Crippen LogP) is 1.92. The lowest BCUT2D eigenvalue weighted by Gasteiger charge is -2.12. The number of hydrogen-bond acceptors (Lipinski definition) is 4. The van der Waals surface area contributed by atoms with Crippen LogP contribution in [0.5, 0.6) is 0 Å². The lowest BCUT2D eigenvalue weighted by Crippen LogP contribution is -2.26. The minimum atomic E-state index is -1.11. The minimum absolute atomic E-state index is 0.0302. The highest BCUT2D eigenvalue weighted by Crippen LogP contribution is 2.19. The fourth-order valence-electron chi connectivity index (χ4n) is 1.97. The number of rotatable bonds is 4. The van der Waals surface area contributed by atoms with Gasteiger partial charge in [0.1, 0.15) is 12.0 Å². The van der Waals surface area contributed by atoms with Crippen molar-refractivity contribution in [3.05, 3.63) is 52.4 Å². The maximum atomic E-state index is 12.2. The van der Waals surface area contributed by atoms with E-state index in [9.17, 15) is 14.7 Å². The van der Waals surface area contributed by atoms with Crippen LogP contribution in [-0.2, 0) is 6.54 Å². The van der Waals surface area contributed by atoms with E-state index in [4.69, 9.17) is 0 Å². The molecule has 1 amide bonds. The Labute approximate surface area is 115 Å². The van der Waals surface area contributed by atoms with E-state index < -0.39 is 11.9 Å². The Kier molecular flexibility index (Phi) is 3.84. The SMILES string of the molecule is Cc1ccc(C)c(C(=O)NCc2ccon2)c1C(=O)O. The molecule has 2 aromatic rings. The number of carboxylic acid groups (broad SMARTS) is 1. The zero-order valence-electron chi connectivity index (χ0n) is 11.1. The van der Waals surface area contributed by atoms with E-state index in [1.54, 1.807) is 32.0 Å². The molecule has 0 bridgehead atoms. The number of carbonyl (C=O) groups is 2. The molecule has 0 unspecified atom stereocenters. The number of nitrogens with one attached hydrogen (secondary N) is 1. The molecule has 2 rings (SSSR count). The van der Waals surface area contributed by atoms with Crippen LogP contribution in [0.3, 0.4) is 0 Å². The summed E-state index contributed by atoms with van der Waals surface area (Å²) in [4.78, 5) is 23.5. The number of carboxylic acids is 1. The highest BCUT2D eigenvalue weighted by molar-refractivity contribution is 6.06. The first-order valence-corrected chi connectivity index (χ1v) is 6.01. The quantitative estimate of drug-likeness (QED) is 0.888. The molecule has 0 saturated carbocycles. The normalized spacial score (nSPS) is 10.3. The fourth-order valence-corrected chi connectivity index (χ4v) is 1.97. The molecular formula is C14H14N2O4. The van der Waals surface area contributed by atoms with Crippen molar-refractivity contribution in [1.82, 2.24) is 10.5 Å². The van der Waals surface area contributed by atoms with E-state index in [1.807, 2.05) is 0 Å². The molecule has 1 aromatic carbocycles. The third kappa shape index (κ3) is 2.69. The Hall–Kier alpha value is -2.63. The van der Waals surface area contributed by atoms with Crippen LogP contribution in [0.15, 0.2) is 29.0 Å². The van der Waals surface area contributed by atoms with Crippen LogP contribution in [0.2, 0.25) is 0 Å². The average Bonchev–Trinajstić information content (AvgIpc) is 2.91.